The van der Waals surface area contributed by atoms with Crippen molar-refractivity contribution in [3.63, 3.8) is 0 Å². The summed E-state index contributed by atoms with van der Waals surface area (Å²) in [4.78, 5) is 21.2. The van der Waals surface area contributed by atoms with Gasteiger partial charge in [-0.15, -0.1) is 0 Å². The van der Waals surface area contributed by atoms with Crippen molar-refractivity contribution in [2.75, 3.05) is 13.8 Å². The third-order valence-corrected chi connectivity index (χ3v) is 5.68. The molecular formula is C21H23F2N4O2S+. The number of nitrogens with zero attached hydrogens (tertiary/aromatic N) is 3. The average molecular weight is 434 g/mol. The lowest BCUT2D eigenvalue weighted by Crippen LogP contribution is -2.46. The highest BCUT2D eigenvalue weighted by molar-refractivity contribution is 8.02. The van der Waals surface area contributed by atoms with E-state index in [9.17, 15) is 13.6 Å². The normalized spacial score (nSPS) is 18.2. The van der Waals surface area contributed by atoms with Crippen molar-refractivity contribution in [3.8, 4) is 0 Å². The molecule has 1 aliphatic heterocycles. The van der Waals surface area contributed by atoms with Crippen LogP contribution in [0.2, 0.25) is 0 Å². The van der Waals surface area contributed by atoms with Crippen LogP contribution in [0.3, 0.4) is 0 Å². The number of thioether (sulfide) groups is 1. The van der Waals surface area contributed by atoms with Crippen LogP contribution in [0.4, 0.5) is 13.6 Å². The summed E-state index contributed by atoms with van der Waals surface area (Å²) in [7, 11) is 1.48. The molecule has 1 atom stereocenters. The maximum Gasteiger partial charge on any atom is 0.411 e. The van der Waals surface area contributed by atoms with Gasteiger partial charge in [0.2, 0.25) is 11.8 Å². The smallest absolute Gasteiger partial charge is 0.398 e. The van der Waals surface area contributed by atoms with Gasteiger partial charge in [0.05, 0.1) is 5.69 Å². The number of aliphatic imine (C=N–C) groups is 1. The largest absolute Gasteiger partial charge is 0.411 e. The van der Waals surface area contributed by atoms with E-state index in [2.05, 4.69) is 15.3 Å². The number of halogens is 2. The van der Waals surface area contributed by atoms with Crippen molar-refractivity contribution in [3.05, 3.63) is 70.6 Å². The van der Waals surface area contributed by atoms with E-state index in [1.54, 1.807) is 12.5 Å². The zero-order valence-electron chi connectivity index (χ0n) is 16.9. The van der Waals surface area contributed by atoms with E-state index in [4.69, 9.17) is 4.74 Å². The fraction of sp³-hybridized carbons (Fsp3) is 0.286. The van der Waals surface area contributed by atoms with Crippen LogP contribution in [0, 0.1) is 17.6 Å². The second-order valence-corrected chi connectivity index (χ2v) is 8.18. The highest BCUT2D eigenvalue weighted by Crippen LogP contribution is 2.43. The van der Waals surface area contributed by atoms with E-state index in [-0.39, 0.29) is 17.1 Å². The minimum Gasteiger partial charge on any atom is -0.398 e. The Kier molecular flexibility index (Phi) is 6.84. The summed E-state index contributed by atoms with van der Waals surface area (Å²) in [6.07, 6.45) is 2.80. The van der Waals surface area contributed by atoms with Crippen LogP contribution < -0.4 is 5.32 Å². The molecular weight excluding hydrogens is 410 g/mol. The van der Waals surface area contributed by atoms with Crippen molar-refractivity contribution in [1.82, 2.24) is 10.3 Å². The first kappa shape index (κ1) is 21.9. The fourth-order valence-electron chi connectivity index (χ4n) is 3.02. The molecule has 0 radical (unpaired) electrons. The monoisotopic (exact) mass is 433 g/mol. The molecule has 3 rings (SSSR count). The van der Waals surface area contributed by atoms with Gasteiger partial charge >= 0.3 is 6.09 Å². The number of amides is 1. The van der Waals surface area contributed by atoms with E-state index in [0.29, 0.717) is 11.4 Å². The quantitative estimate of drug-likeness (QED) is 0.646. The number of hydrogen-bond acceptors (Lipinski definition) is 5. The number of carbonyl (C=O) groups is 1. The van der Waals surface area contributed by atoms with Crippen molar-refractivity contribution >= 4 is 24.2 Å². The third-order valence-electron chi connectivity index (χ3n) is 4.44. The molecule has 2 aromatic rings. The molecule has 1 unspecified atom stereocenters. The molecule has 1 N–H and O–H groups in total. The summed E-state index contributed by atoms with van der Waals surface area (Å²) in [6, 6.07) is 8.92. The topological polar surface area (TPSA) is 63.6 Å². The highest BCUT2D eigenvalue weighted by atomic mass is 32.2. The number of aromatic nitrogens is 1. The van der Waals surface area contributed by atoms with Gasteiger partial charge in [0.25, 0.3) is 0 Å². The van der Waals surface area contributed by atoms with Crippen LogP contribution in [0.15, 0.2) is 63.2 Å². The lowest BCUT2D eigenvalue weighted by atomic mass is 10.1. The number of quaternary nitrogens is 1. The predicted octanol–water partition coefficient (Wildman–Crippen LogP) is 4.65. The zero-order valence-corrected chi connectivity index (χ0v) is 17.7. The van der Waals surface area contributed by atoms with Gasteiger partial charge in [0.15, 0.2) is 6.34 Å². The Morgan fingerprint density at radius 3 is 2.57 bits per heavy atom. The number of pyridine rings is 1. The first-order valence-corrected chi connectivity index (χ1v) is 10.2. The molecule has 1 aromatic heterocycles. The number of ether oxygens (including phenoxy) is 1. The zero-order chi connectivity index (χ0) is 21.7. The molecule has 2 heterocycles. The van der Waals surface area contributed by atoms with Gasteiger partial charge < -0.3 is 10.1 Å². The Labute approximate surface area is 178 Å². The van der Waals surface area contributed by atoms with Gasteiger partial charge in [-0.2, -0.15) is 0 Å². The summed E-state index contributed by atoms with van der Waals surface area (Å²) in [5, 5.41) is 3.16. The van der Waals surface area contributed by atoms with Crippen LogP contribution >= 0.6 is 11.8 Å². The maximum atomic E-state index is 13.8. The number of hydrogen-bond donors (Lipinski definition) is 1. The number of nitrogens with one attached hydrogen (secondary N) is 1. The van der Waals surface area contributed by atoms with Crippen LogP contribution in [0.25, 0.3) is 0 Å². The summed E-state index contributed by atoms with van der Waals surface area (Å²) >= 11 is 1.21. The molecule has 1 amide bonds. The molecule has 0 saturated carbocycles. The number of carbonyl (C=O) groups excluding carboxylic acids is 1. The number of benzene rings is 1. The SMILES string of the molecule is CNC(=O)OC[N+]1(Cc2ccccn2)C=NC(C(C)C)=C1Sc1cc(F)cc(F)c1. The Morgan fingerprint density at radius 1 is 1.23 bits per heavy atom. The van der Waals surface area contributed by atoms with Crippen LogP contribution in [0.1, 0.15) is 19.5 Å². The first-order chi connectivity index (χ1) is 14.3. The van der Waals surface area contributed by atoms with Crippen LogP contribution in [-0.4, -0.2) is 35.7 Å². The lowest BCUT2D eigenvalue weighted by Gasteiger charge is -2.31. The maximum absolute atomic E-state index is 13.8. The van der Waals surface area contributed by atoms with Gasteiger partial charge in [0, 0.05) is 30.1 Å². The third kappa shape index (κ3) is 5.03. The number of allylic oxidation sites excluding steroid dienone is 1. The van der Waals surface area contributed by atoms with Gasteiger partial charge in [-0.3, -0.25) is 4.98 Å². The molecule has 9 heteroatoms. The Bertz CT molecular complexity index is 962. The molecule has 1 aliphatic rings. The number of alkyl carbamates (subject to hydrolysis) is 1. The van der Waals surface area contributed by atoms with Crippen molar-refractivity contribution < 1.29 is 22.8 Å². The van der Waals surface area contributed by atoms with E-state index in [1.165, 1.54) is 30.9 Å². The van der Waals surface area contributed by atoms with Crippen LogP contribution in [0.5, 0.6) is 0 Å². The van der Waals surface area contributed by atoms with Gasteiger partial charge in [-0.1, -0.05) is 19.9 Å². The van der Waals surface area contributed by atoms with Crippen molar-refractivity contribution in [1.29, 1.82) is 0 Å². The predicted molar refractivity (Wildman–Crippen MR) is 111 cm³/mol. The summed E-state index contributed by atoms with van der Waals surface area (Å²) < 4.78 is 33.1. The van der Waals surface area contributed by atoms with E-state index in [1.807, 2.05) is 32.0 Å². The Morgan fingerprint density at radius 2 is 1.97 bits per heavy atom. The highest BCUT2D eigenvalue weighted by Gasteiger charge is 2.42. The molecule has 1 aromatic carbocycles. The van der Waals surface area contributed by atoms with Gasteiger partial charge in [0.1, 0.15) is 23.9 Å². The molecule has 6 nitrogen and oxygen atoms in total. The van der Waals surface area contributed by atoms with E-state index in [0.717, 1.165) is 22.5 Å². The van der Waals surface area contributed by atoms with Gasteiger partial charge in [-0.25, -0.2) is 23.1 Å². The number of rotatable bonds is 7. The lowest BCUT2D eigenvalue weighted by molar-refractivity contribution is -0.820. The molecule has 30 heavy (non-hydrogen) atoms. The minimum absolute atomic E-state index is 0.0424. The fourth-order valence-corrected chi connectivity index (χ4v) is 4.33. The summed E-state index contributed by atoms with van der Waals surface area (Å²) in [6.45, 7) is 4.29. The molecule has 0 spiro atoms. The molecule has 158 valence electrons. The summed E-state index contributed by atoms with van der Waals surface area (Å²) in [5.74, 6) is -1.27. The Balaban J connectivity index is 2.04. The molecule has 0 fully saturated rings. The van der Waals surface area contributed by atoms with E-state index < -0.39 is 17.7 Å². The average Bonchev–Trinajstić information content (AvgIpc) is 3.04. The molecule has 0 bridgehead atoms. The van der Waals surface area contributed by atoms with Crippen molar-refractivity contribution in [2.45, 2.75) is 25.3 Å². The molecule has 0 aliphatic carbocycles. The van der Waals surface area contributed by atoms with Crippen LogP contribution in [-0.2, 0) is 11.3 Å². The molecule has 0 saturated heterocycles. The summed E-state index contributed by atoms with van der Waals surface area (Å²) in [5.41, 5.74) is 1.53. The standard InChI is InChI=1S/C21H22F2N4O2S/c1-14(2)19-20(30-18-9-15(22)8-16(23)10-18)27(12-26-19,13-29-21(28)24-3)11-17-6-4-5-7-25-17/h4-10,12,14H,11,13H2,1-3H3/p+1. The Hall–Kier alpha value is -2.78. The van der Waals surface area contributed by atoms with Crippen molar-refractivity contribution in [2.24, 2.45) is 10.9 Å². The van der Waals surface area contributed by atoms with E-state index >= 15 is 0 Å². The minimum atomic E-state index is -0.660. The first-order valence-electron chi connectivity index (χ1n) is 9.38. The second-order valence-electron chi connectivity index (χ2n) is 7.12. The van der Waals surface area contributed by atoms with Gasteiger partial charge in [-0.05, 0) is 36.0 Å². The second kappa shape index (κ2) is 9.36.